The third-order valence-corrected chi connectivity index (χ3v) is 3.67. The molecular weight excluding hydrogens is 299 g/mol. The lowest BCUT2D eigenvalue weighted by Gasteiger charge is -2.09. The number of nitrogens with zero attached hydrogens (tertiary/aromatic N) is 1. The summed E-state index contributed by atoms with van der Waals surface area (Å²) in [6.45, 7) is 0. The molecule has 0 aliphatic carbocycles. The first-order valence-corrected chi connectivity index (χ1v) is 6.01. The molecule has 1 aromatic heterocycles. The first kappa shape index (κ1) is 13.4. The zero-order valence-corrected chi connectivity index (χ0v) is 11.4. The van der Waals surface area contributed by atoms with E-state index in [4.69, 9.17) is 39.5 Å². The van der Waals surface area contributed by atoms with Crippen LogP contribution in [0.25, 0.3) is 11.1 Å². The van der Waals surface area contributed by atoms with Crippen LogP contribution < -0.4 is 4.74 Å². The van der Waals surface area contributed by atoms with Crippen LogP contribution in [0.5, 0.6) is 5.75 Å². The first-order chi connectivity index (χ1) is 8.54. The smallest absolute Gasteiger partial charge is 0.221 e. The van der Waals surface area contributed by atoms with E-state index >= 15 is 0 Å². The molecule has 94 valence electrons. The SMILES string of the molecule is COc1cnc(F)c(-c2ccc(Cl)c(Cl)c2Cl)c1. The average Bonchev–Trinajstić information content (AvgIpc) is 2.37. The van der Waals surface area contributed by atoms with Crippen molar-refractivity contribution in [3.63, 3.8) is 0 Å². The molecule has 0 aliphatic rings. The van der Waals surface area contributed by atoms with E-state index in [1.165, 1.54) is 19.4 Å². The quantitative estimate of drug-likeness (QED) is 0.584. The van der Waals surface area contributed by atoms with Crippen molar-refractivity contribution in [3.05, 3.63) is 45.4 Å². The number of aromatic nitrogens is 1. The van der Waals surface area contributed by atoms with E-state index in [-0.39, 0.29) is 15.6 Å². The Hall–Kier alpha value is -1.03. The van der Waals surface area contributed by atoms with Gasteiger partial charge in [-0.05, 0) is 12.1 Å². The van der Waals surface area contributed by atoms with Gasteiger partial charge in [0, 0.05) is 11.1 Å². The van der Waals surface area contributed by atoms with E-state index in [1.54, 1.807) is 12.1 Å². The summed E-state index contributed by atoms with van der Waals surface area (Å²) >= 11 is 17.8. The van der Waals surface area contributed by atoms with Gasteiger partial charge >= 0.3 is 0 Å². The van der Waals surface area contributed by atoms with E-state index in [1.807, 2.05) is 0 Å². The van der Waals surface area contributed by atoms with Gasteiger partial charge in [-0.2, -0.15) is 4.39 Å². The van der Waals surface area contributed by atoms with Crippen LogP contribution in [0.2, 0.25) is 15.1 Å². The highest BCUT2D eigenvalue weighted by Crippen LogP contribution is 2.39. The lowest BCUT2D eigenvalue weighted by atomic mass is 10.1. The van der Waals surface area contributed by atoms with Crippen molar-refractivity contribution in [2.45, 2.75) is 0 Å². The fourth-order valence-corrected chi connectivity index (χ4v) is 2.10. The second-order valence-electron chi connectivity index (χ2n) is 3.44. The average molecular weight is 307 g/mol. The minimum atomic E-state index is -0.656. The predicted octanol–water partition coefficient (Wildman–Crippen LogP) is 4.86. The fraction of sp³-hybridized carbons (Fsp3) is 0.0833. The monoisotopic (exact) mass is 305 g/mol. The van der Waals surface area contributed by atoms with Gasteiger partial charge in [-0.25, -0.2) is 4.98 Å². The van der Waals surface area contributed by atoms with E-state index < -0.39 is 5.95 Å². The highest BCUT2D eigenvalue weighted by Gasteiger charge is 2.15. The van der Waals surface area contributed by atoms with Crippen LogP contribution in [-0.4, -0.2) is 12.1 Å². The van der Waals surface area contributed by atoms with Crippen LogP contribution >= 0.6 is 34.8 Å². The summed E-state index contributed by atoms with van der Waals surface area (Å²) in [6.07, 6.45) is 1.28. The highest BCUT2D eigenvalue weighted by molar-refractivity contribution is 6.49. The maximum Gasteiger partial charge on any atom is 0.221 e. The van der Waals surface area contributed by atoms with Gasteiger partial charge in [0.25, 0.3) is 0 Å². The molecule has 0 unspecified atom stereocenters. The molecule has 0 fully saturated rings. The maximum absolute atomic E-state index is 13.7. The highest BCUT2D eigenvalue weighted by atomic mass is 35.5. The molecule has 0 atom stereocenters. The number of benzene rings is 1. The minimum Gasteiger partial charge on any atom is -0.495 e. The van der Waals surface area contributed by atoms with Crippen LogP contribution in [0, 0.1) is 5.95 Å². The van der Waals surface area contributed by atoms with Gasteiger partial charge in [0.2, 0.25) is 5.95 Å². The minimum absolute atomic E-state index is 0.179. The summed E-state index contributed by atoms with van der Waals surface area (Å²) in [6, 6.07) is 4.62. The summed E-state index contributed by atoms with van der Waals surface area (Å²) in [5, 5.41) is 0.665. The molecule has 1 aromatic carbocycles. The van der Waals surface area contributed by atoms with Gasteiger partial charge in [0.1, 0.15) is 5.75 Å². The molecule has 0 N–H and O–H groups in total. The largest absolute Gasteiger partial charge is 0.495 e. The number of ether oxygens (including phenoxy) is 1. The van der Waals surface area contributed by atoms with Crippen LogP contribution in [0.15, 0.2) is 24.4 Å². The molecular formula is C12H7Cl3FNO. The number of hydrogen-bond donors (Lipinski definition) is 0. The van der Waals surface area contributed by atoms with Gasteiger partial charge in [-0.15, -0.1) is 0 Å². The molecule has 1 heterocycles. The summed E-state index contributed by atoms with van der Waals surface area (Å²) < 4.78 is 18.7. The van der Waals surface area contributed by atoms with Crippen molar-refractivity contribution in [2.75, 3.05) is 7.11 Å². The molecule has 0 saturated heterocycles. The van der Waals surface area contributed by atoms with Gasteiger partial charge < -0.3 is 4.74 Å². The van der Waals surface area contributed by atoms with Crippen molar-refractivity contribution >= 4 is 34.8 Å². The molecule has 2 nitrogen and oxygen atoms in total. The second kappa shape index (κ2) is 5.31. The predicted molar refractivity (Wildman–Crippen MR) is 71.2 cm³/mol. The molecule has 0 radical (unpaired) electrons. The Bertz CT molecular complexity index is 604. The summed E-state index contributed by atoms with van der Waals surface area (Å²) in [5.41, 5.74) is 0.618. The lowest BCUT2D eigenvalue weighted by Crippen LogP contribution is -1.93. The molecule has 0 saturated carbocycles. The van der Waals surface area contributed by atoms with Gasteiger partial charge in [-0.3, -0.25) is 0 Å². The standard InChI is InChI=1S/C12H7Cl3FNO/c1-18-6-4-8(12(16)17-5-6)7-2-3-9(13)11(15)10(7)14/h2-5H,1H3. The number of halogens is 4. The van der Waals surface area contributed by atoms with E-state index in [2.05, 4.69) is 4.98 Å². The number of pyridine rings is 1. The lowest BCUT2D eigenvalue weighted by molar-refractivity contribution is 0.410. The Labute approximate surface area is 118 Å². The van der Waals surface area contributed by atoms with Crippen molar-refractivity contribution in [1.82, 2.24) is 4.98 Å². The Balaban J connectivity index is 2.65. The van der Waals surface area contributed by atoms with E-state index in [0.717, 1.165) is 0 Å². The van der Waals surface area contributed by atoms with Crippen molar-refractivity contribution in [1.29, 1.82) is 0 Å². The molecule has 0 aliphatic heterocycles. The number of methoxy groups -OCH3 is 1. The Morgan fingerprint density at radius 1 is 1.11 bits per heavy atom. The molecule has 6 heteroatoms. The van der Waals surface area contributed by atoms with Gasteiger partial charge in [0.05, 0.1) is 28.4 Å². The Morgan fingerprint density at radius 2 is 1.83 bits per heavy atom. The normalized spacial score (nSPS) is 10.5. The fourth-order valence-electron chi connectivity index (χ4n) is 1.46. The van der Waals surface area contributed by atoms with E-state index in [9.17, 15) is 4.39 Å². The van der Waals surface area contributed by atoms with Crippen LogP contribution in [0.1, 0.15) is 0 Å². The molecule has 2 rings (SSSR count). The zero-order valence-electron chi connectivity index (χ0n) is 9.18. The summed E-state index contributed by atoms with van der Waals surface area (Å²) in [4.78, 5) is 3.59. The molecule has 0 amide bonds. The Kier molecular flexibility index (Phi) is 3.95. The molecule has 18 heavy (non-hydrogen) atoms. The zero-order chi connectivity index (χ0) is 13.3. The molecule has 0 spiro atoms. The Morgan fingerprint density at radius 3 is 2.50 bits per heavy atom. The van der Waals surface area contributed by atoms with E-state index in [0.29, 0.717) is 16.3 Å². The third kappa shape index (κ3) is 2.39. The van der Waals surface area contributed by atoms with Crippen LogP contribution in [0.4, 0.5) is 4.39 Å². The third-order valence-electron chi connectivity index (χ3n) is 2.38. The first-order valence-electron chi connectivity index (χ1n) is 4.88. The summed E-state index contributed by atoms with van der Waals surface area (Å²) in [7, 11) is 1.47. The number of rotatable bonds is 2. The molecule has 0 bridgehead atoms. The van der Waals surface area contributed by atoms with Crippen LogP contribution in [-0.2, 0) is 0 Å². The topological polar surface area (TPSA) is 22.1 Å². The maximum atomic E-state index is 13.7. The summed E-state index contributed by atoms with van der Waals surface area (Å²) in [5.74, 6) is -0.232. The van der Waals surface area contributed by atoms with Gasteiger partial charge in [0.15, 0.2) is 0 Å². The van der Waals surface area contributed by atoms with Crippen molar-refractivity contribution in [3.8, 4) is 16.9 Å². The number of hydrogen-bond acceptors (Lipinski definition) is 2. The second-order valence-corrected chi connectivity index (χ2v) is 4.60. The van der Waals surface area contributed by atoms with Gasteiger partial charge in [-0.1, -0.05) is 40.9 Å². The van der Waals surface area contributed by atoms with Crippen molar-refractivity contribution in [2.24, 2.45) is 0 Å². The van der Waals surface area contributed by atoms with Crippen LogP contribution in [0.3, 0.4) is 0 Å². The van der Waals surface area contributed by atoms with Crippen molar-refractivity contribution < 1.29 is 9.13 Å². The molecule has 2 aromatic rings.